The van der Waals surface area contributed by atoms with Crippen LogP contribution in [0.1, 0.15) is 36.5 Å². The van der Waals surface area contributed by atoms with Crippen LogP contribution in [0.2, 0.25) is 5.02 Å². The number of aldehydes is 1. The van der Waals surface area contributed by atoms with Crippen molar-refractivity contribution < 1.29 is 23.0 Å². The second-order valence-electron chi connectivity index (χ2n) is 8.24. The number of thioether (sulfide) groups is 1. The van der Waals surface area contributed by atoms with Crippen molar-refractivity contribution in [1.29, 1.82) is 0 Å². The number of aromatic nitrogens is 4. The number of nitrogens with one attached hydrogen (secondary N) is 1. The molecular weight excluding hydrogens is 500 g/mol. The van der Waals surface area contributed by atoms with E-state index < -0.39 is 13.0 Å². The number of rotatable bonds is 10. The van der Waals surface area contributed by atoms with Gasteiger partial charge in [-0.05, 0) is 52.3 Å². The number of carbonyl (C=O) groups excluding carboxylic acids is 1. The number of fused-ring (bicyclic) bond motifs is 1. The van der Waals surface area contributed by atoms with Gasteiger partial charge in [0.15, 0.2) is 23.5 Å². The van der Waals surface area contributed by atoms with Crippen LogP contribution in [0, 0.1) is 6.92 Å². The molecule has 0 unspecified atom stereocenters. The van der Waals surface area contributed by atoms with Crippen LogP contribution < -0.4 is 14.8 Å². The number of halogens is 3. The molecule has 0 aliphatic carbocycles. The van der Waals surface area contributed by atoms with Gasteiger partial charge in [0.05, 0.1) is 5.02 Å². The van der Waals surface area contributed by atoms with E-state index in [1.54, 1.807) is 20.0 Å². The summed E-state index contributed by atoms with van der Waals surface area (Å²) in [5.41, 5.74) is 1.89. The molecule has 0 spiro atoms. The largest absolute Gasteiger partial charge is 0.482 e. The second-order valence-corrected chi connectivity index (χ2v) is 9.66. The molecule has 0 atom stereocenters. The fourth-order valence-corrected chi connectivity index (χ4v) is 3.59. The Kier molecular flexibility index (Phi) is 10.7. The first-order valence-corrected chi connectivity index (χ1v) is 12.5. The van der Waals surface area contributed by atoms with Crippen LogP contribution in [-0.4, -0.2) is 63.4 Å². The Bertz CT molecular complexity index is 1140. The maximum Gasteiger partial charge on any atom is 0.272 e. The minimum atomic E-state index is -2.66. The van der Waals surface area contributed by atoms with Gasteiger partial charge >= 0.3 is 0 Å². The fraction of sp³-hybridized carbons (Fsp3) is 0.478. The molecule has 35 heavy (non-hydrogen) atoms. The average molecular weight is 530 g/mol. The smallest absolute Gasteiger partial charge is 0.272 e. The van der Waals surface area contributed by atoms with Gasteiger partial charge in [-0.1, -0.05) is 11.6 Å². The molecule has 3 rings (SSSR count). The number of alkyl halides is 2. The first kappa shape index (κ1) is 28.7. The van der Waals surface area contributed by atoms with E-state index in [1.807, 2.05) is 18.8 Å². The van der Waals surface area contributed by atoms with Gasteiger partial charge in [-0.25, -0.2) is 18.7 Å². The molecule has 0 saturated heterocycles. The summed E-state index contributed by atoms with van der Waals surface area (Å²) in [5, 5.41) is 3.47. The third kappa shape index (κ3) is 8.29. The number of nitrogens with zero attached hydrogens (tertiary/aromatic N) is 4. The lowest BCUT2D eigenvalue weighted by Crippen LogP contribution is -2.36. The zero-order valence-corrected chi connectivity index (χ0v) is 22.1. The molecule has 3 heterocycles. The first-order valence-electron chi connectivity index (χ1n) is 10.7. The molecular formula is C23H30ClF2N5O3S. The van der Waals surface area contributed by atoms with Gasteiger partial charge in [0, 0.05) is 30.4 Å². The Morgan fingerprint density at radius 3 is 2.60 bits per heavy atom. The standard InChI is InChI=1S/C16H13ClF2N4O3.C7H17NS/c1-8-3-10-14(23(2)13(6-24)21-10)22-15(8)26-16-11(25-7-12(18)19)4-9(17)5-20-16;1-7(2,8-3)5-6-9-4/h3-6,12H,7H2,1-2H3;8H,5-6H2,1-4H3. The van der Waals surface area contributed by atoms with Gasteiger partial charge in [0.25, 0.3) is 12.3 Å². The predicted molar refractivity (Wildman–Crippen MR) is 136 cm³/mol. The summed E-state index contributed by atoms with van der Waals surface area (Å²) in [4.78, 5) is 23.5. The van der Waals surface area contributed by atoms with Gasteiger partial charge in [-0.15, -0.1) is 0 Å². The van der Waals surface area contributed by atoms with Gasteiger partial charge in [-0.2, -0.15) is 16.7 Å². The van der Waals surface area contributed by atoms with Crippen molar-refractivity contribution in [3.05, 3.63) is 34.7 Å². The summed E-state index contributed by atoms with van der Waals surface area (Å²) in [6, 6.07) is 3.02. The molecule has 0 bridgehead atoms. The second kappa shape index (κ2) is 13.0. The van der Waals surface area contributed by atoms with E-state index in [0.29, 0.717) is 28.6 Å². The maximum absolute atomic E-state index is 12.4. The molecule has 192 valence electrons. The SMILES string of the molecule is CNC(C)(C)CCSC.Cc1cc2nc(C=O)n(C)c2nc1Oc1ncc(Cl)cc1OCC(F)F. The number of pyridine rings is 2. The number of imidazole rings is 1. The number of ether oxygens (including phenoxy) is 2. The monoisotopic (exact) mass is 529 g/mol. The summed E-state index contributed by atoms with van der Waals surface area (Å²) in [5.74, 6) is 1.55. The highest BCUT2D eigenvalue weighted by Crippen LogP contribution is 2.33. The molecule has 12 heteroatoms. The molecule has 3 aromatic heterocycles. The zero-order chi connectivity index (χ0) is 26.2. The van der Waals surface area contributed by atoms with Crippen molar-refractivity contribution in [2.75, 3.05) is 25.7 Å². The summed E-state index contributed by atoms with van der Waals surface area (Å²) < 4.78 is 37.0. The first-order chi connectivity index (χ1) is 16.5. The highest BCUT2D eigenvalue weighted by molar-refractivity contribution is 7.98. The van der Waals surface area contributed by atoms with Crippen molar-refractivity contribution in [1.82, 2.24) is 24.8 Å². The predicted octanol–water partition coefficient (Wildman–Crippen LogP) is 5.31. The Morgan fingerprint density at radius 2 is 2.00 bits per heavy atom. The zero-order valence-electron chi connectivity index (χ0n) is 20.6. The van der Waals surface area contributed by atoms with Crippen LogP contribution >= 0.6 is 23.4 Å². The van der Waals surface area contributed by atoms with Crippen LogP contribution in [0.25, 0.3) is 11.2 Å². The lowest BCUT2D eigenvalue weighted by Gasteiger charge is -2.22. The lowest BCUT2D eigenvalue weighted by molar-refractivity contribution is 0.0803. The normalized spacial score (nSPS) is 11.4. The van der Waals surface area contributed by atoms with E-state index in [9.17, 15) is 13.6 Å². The van der Waals surface area contributed by atoms with E-state index >= 15 is 0 Å². The minimum absolute atomic E-state index is 0.0299. The molecule has 1 N–H and O–H groups in total. The lowest BCUT2D eigenvalue weighted by atomic mass is 10.0. The molecule has 3 aromatic rings. The highest BCUT2D eigenvalue weighted by Gasteiger charge is 2.17. The number of carbonyl (C=O) groups is 1. The molecule has 0 radical (unpaired) electrons. The Morgan fingerprint density at radius 1 is 1.29 bits per heavy atom. The van der Waals surface area contributed by atoms with Crippen molar-refractivity contribution in [3.63, 3.8) is 0 Å². The molecule has 0 amide bonds. The summed E-state index contributed by atoms with van der Waals surface area (Å²) >= 11 is 7.74. The third-order valence-electron chi connectivity index (χ3n) is 5.08. The van der Waals surface area contributed by atoms with Crippen molar-refractivity contribution in [2.24, 2.45) is 7.05 Å². The molecule has 0 fully saturated rings. The topological polar surface area (TPSA) is 91.2 Å². The van der Waals surface area contributed by atoms with Crippen LogP contribution in [0.3, 0.4) is 0 Å². The van der Waals surface area contributed by atoms with Crippen molar-refractivity contribution in [2.45, 2.75) is 39.2 Å². The van der Waals surface area contributed by atoms with E-state index in [-0.39, 0.29) is 28.4 Å². The Balaban J connectivity index is 0.000000410. The van der Waals surface area contributed by atoms with Crippen LogP contribution in [0.4, 0.5) is 8.78 Å². The van der Waals surface area contributed by atoms with E-state index in [4.69, 9.17) is 21.1 Å². The molecule has 0 aliphatic rings. The quantitative estimate of drug-likeness (QED) is 0.353. The third-order valence-corrected chi connectivity index (χ3v) is 5.90. The summed E-state index contributed by atoms with van der Waals surface area (Å²) in [6.07, 6.45) is 2.65. The number of hydrogen-bond donors (Lipinski definition) is 1. The van der Waals surface area contributed by atoms with E-state index in [1.165, 1.54) is 29.0 Å². The molecule has 8 nitrogen and oxygen atoms in total. The molecule has 0 aliphatic heterocycles. The van der Waals surface area contributed by atoms with Gasteiger partial charge < -0.3 is 19.4 Å². The van der Waals surface area contributed by atoms with Crippen LogP contribution in [-0.2, 0) is 7.05 Å². The van der Waals surface area contributed by atoms with Crippen LogP contribution in [0.5, 0.6) is 17.5 Å². The Labute approximate surface area is 212 Å². The molecule has 0 saturated carbocycles. The van der Waals surface area contributed by atoms with Crippen molar-refractivity contribution in [3.8, 4) is 17.5 Å². The van der Waals surface area contributed by atoms with E-state index in [2.05, 4.69) is 40.4 Å². The van der Waals surface area contributed by atoms with Gasteiger partial charge in [0.1, 0.15) is 12.1 Å². The summed E-state index contributed by atoms with van der Waals surface area (Å²) in [7, 11) is 3.66. The molecule has 0 aromatic carbocycles. The number of hydrogen-bond acceptors (Lipinski definition) is 8. The van der Waals surface area contributed by atoms with Crippen molar-refractivity contribution >= 4 is 40.8 Å². The van der Waals surface area contributed by atoms with Gasteiger partial charge in [0.2, 0.25) is 5.88 Å². The van der Waals surface area contributed by atoms with E-state index in [0.717, 1.165) is 0 Å². The fourth-order valence-electron chi connectivity index (χ4n) is 2.73. The van der Waals surface area contributed by atoms with Crippen LogP contribution in [0.15, 0.2) is 18.3 Å². The average Bonchev–Trinajstić information content (AvgIpc) is 3.12. The Hall–Kier alpha value is -2.50. The van der Waals surface area contributed by atoms with Gasteiger partial charge in [-0.3, -0.25) is 4.79 Å². The maximum atomic E-state index is 12.4. The highest BCUT2D eigenvalue weighted by atomic mass is 35.5. The number of aryl methyl sites for hydroxylation is 2. The summed E-state index contributed by atoms with van der Waals surface area (Å²) in [6.45, 7) is 5.35. The minimum Gasteiger partial charge on any atom is -0.482 e.